The van der Waals surface area contributed by atoms with E-state index in [0.29, 0.717) is 29.6 Å². The Hall–Kier alpha value is -2.69. The molecule has 0 atom stereocenters. The van der Waals surface area contributed by atoms with E-state index in [0.717, 1.165) is 36.7 Å². The van der Waals surface area contributed by atoms with E-state index in [1.54, 1.807) is 32.4 Å². The van der Waals surface area contributed by atoms with Gasteiger partial charge in [-0.1, -0.05) is 18.6 Å². The average Bonchev–Trinajstić information content (AvgIpc) is 3.56. The lowest BCUT2D eigenvalue weighted by Crippen LogP contribution is -2.32. The van der Waals surface area contributed by atoms with Crippen LogP contribution in [0.3, 0.4) is 0 Å². The van der Waals surface area contributed by atoms with Crippen LogP contribution in [0.2, 0.25) is 0 Å². The molecule has 4 rings (SSSR count). The van der Waals surface area contributed by atoms with E-state index >= 15 is 0 Å². The molecule has 0 N–H and O–H groups in total. The van der Waals surface area contributed by atoms with Gasteiger partial charge in [0.25, 0.3) is 5.91 Å². The number of carbonyl (C=O) groups is 1. The Balaban J connectivity index is 1.44. The van der Waals surface area contributed by atoms with E-state index in [1.165, 1.54) is 19.3 Å². The number of ether oxygens (including phenoxy) is 3. The Labute approximate surface area is 172 Å². The highest BCUT2D eigenvalue weighted by Crippen LogP contribution is 2.33. The lowest BCUT2D eigenvalue weighted by atomic mass is 9.86. The Bertz CT molecular complexity index is 840. The molecule has 0 unspecified atom stereocenters. The van der Waals surface area contributed by atoms with Crippen LogP contribution in [0.15, 0.2) is 42.5 Å². The van der Waals surface area contributed by atoms with Crippen LogP contribution in [0.25, 0.3) is 0 Å². The number of carbonyl (C=O) groups excluding carboxylic acids is 1. The molecule has 0 heterocycles. The van der Waals surface area contributed by atoms with Gasteiger partial charge in [-0.15, -0.1) is 0 Å². The molecule has 2 aromatic carbocycles. The summed E-state index contributed by atoms with van der Waals surface area (Å²) in [6.07, 6.45) is 5.99. The highest BCUT2D eigenvalue weighted by atomic mass is 16.5. The monoisotopic (exact) mass is 395 g/mol. The van der Waals surface area contributed by atoms with Crippen LogP contribution in [0.4, 0.5) is 0 Å². The summed E-state index contributed by atoms with van der Waals surface area (Å²) in [5.41, 5.74) is 1.68. The minimum Gasteiger partial charge on any atom is -0.497 e. The van der Waals surface area contributed by atoms with Crippen LogP contribution < -0.4 is 14.2 Å². The number of nitrogens with zero attached hydrogens (tertiary/aromatic N) is 1. The first-order chi connectivity index (χ1) is 14.2. The number of amides is 1. The highest BCUT2D eigenvalue weighted by Gasteiger charge is 2.34. The fourth-order valence-corrected chi connectivity index (χ4v) is 3.64. The van der Waals surface area contributed by atoms with Crippen LogP contribution in [0.1, 0.15) is 48.0 Å². The van der Waals surface area contributed by atoms with Crippen molar-refractivity contribution in [2.24, 2.45) is 5.92 Å². The number of benzene rings is 2. The first-order valence-corrected chi connectivity index (χ1v) is 10.4. The molecule has 0 spiro atoms. The summed E-state index contributed by atoms with van der Waals surface area (Å²) in [4.78, 5) is 15.2. The Kier molecular flexibility index (Phi) is 5.93. The minimum atomic E-state index is -0.00249. The summed E-state index contributed by atoms with van der Waals surface area (Å²) in [7, 11) is 3.18. The van der Waals surface area contributed by atoms with Crippen molar-refractivity contribution < 1.29 is 19.0 Å². The third kappa shape index (κ3) is 4.66. The molecule has 29 heavy (non-hydrogen) atoms. The van der Waals surface area contributed by atoms with E-state index < -0.39 is 0 Å². The molecule has 1 amide bonds. The molecule has 0 aliphatic heterocycles. The second-order valence-electron chi connectivity index (χ2n) is 7.98. The highest BCUT2D eigenvalue weighted by molar-refractivity contribution is 5.97. The molecule has 2 aliphatic carbocycles. The molecule has 2 aromatic rings. The molecule has 5 heteroatoms. The standard InChI is InChI=1S/C24H29NO4/c1-27-21-12-13-22(23(14-21)28-2)24(26)25(19-8-9-19)15-17-6-10-20(11-7-17)29-16-18-4-3-5-18/h6-7,10-14,18-19H,3-5,8-9,15-16H2,1-2H3. The predicted octanol–water partition coefficient (Wildman–Crippen LogP) is 4.69. The Morgan fingerprint density at radius 3 is 2.28 bits per heavy atom. The smallest absolute Gasteiger partial charge is 0.258 e. The zero-order valence-electron chi connectivity index (χ0n) is 17.2. The lowest BCUT2D eigenvalue weighted by molar-refractivity contribution is 0.0726. The number of rotatable bonds is 9. The second-order valence-corrected chi connectivity index (χ2v) is 7.98. The zero-order chi connectivity index (χ0) is 20.2. The summed E-state index contributed by atoms with van der Waals surface area (Å²) in [6.45, 7) is 1.39. The third-order valence-electron chi connectivity index (χ3n) is 5.87. The number of hydrogen-bond acceptors (Lipinski definition) is 4. The maximum atomic E-state index is 13.3. The molecule has 2 saturated carbocycles. The molecule has 2 aliphatic rings. The predicted molar refractivity (Wildman–Crippen MR) is 112 cm³/mol. The fourth-order valence-electron chi connectivity index (χ4n) is 3.64. The zero-order valence-corrected chi connectivity index (χ0v) is 17.2. The van der Waals surface area contributed by atoms with Gasteiger partial charge < -0.3 is 19.1 Å². The summed E-state index contributed by atoms with van der Waals surface area (Å²) in [5.74, 6) is 2.84. The topological polar surface area (TPSA) is 48.0 Å². The third-order valence-corrected chi connectivity index (χ3v) is 5.87. The van der Waals surface area contributed by atoms with Crippen molar-refractivity contribution in [3.63, 3.8) is 0 Å². The largest absolute Gasteiger partial charge is 0.497 e. The minimum absolute atomic E-state index is 0.00249. The average molecular weight is 395 g/mol. The quantitative estimate of drug-likeness (QED) is 0.618. The van der Waals surface area contributed by atoms with E-state index in [2.05, 4.69) is 12.1 Å². The van der Waals surface area contributed by atoms with Crippen LogP contribution in [-0.4, -0.2) is 37.7 Å². The normalized spacial score (nSPS) is 16.1. The van der Waals surface area contributed by atoms with Gasteiger partial charge in [-0.05, 0) is 61.4 Å². The van der Waals surface area contributed by atoms with Crippen LogP contribution >= 0.6 is 0 Å². The van der Waals surface area contributed by atoms with Gasteiger partial charge in [0, 0.05) is 18.7 Å². The summed E-state index contributed by atoms with van der Waals surface area (Å²) in [5, 5.41) is 0. The van der Waals surface area contributed by atoms with E-state index in [-0.39, 0.29) is 5.91 Å². The van der Waals surface area contributed by atoms with Crippen LogP contribution in [0.5, 0.6) is 17.2 Å². The van der Waals surface area contributed by atoms with E-state index in [9.17, 15) is 4.79 Å². The first-order valence-electron chi connectivity index (χ1n) is 10.4. The van der Waals surface area contributed by atoms with Gasteiger partial charge in [0.05, 0.1) is 26.4 Å². The van der Waals surface area contributed by atoms with Crippen molar-refractivity contribution >= 4 is 5.91 Å². The summed E-state index contributed by atoms with van der Waals surface area (Å²) < 4.78 is 16.6. The molecule has 2 fully saturated rings. The van der Waals surface area contributed by atoms with Gasteiger partial charge in [-0.25, -0.2) is 0 Å². The number of hydrogen-bond donors (Lipinski definition) is 0. The molecule has 0 bridgehead atoms. The van der Waals surface area contributed by atoms with E-state index in [4.69, 9.17) is 14.2 Å². The van der Waals surface area contributed by atoms with E-state index in [1.807, 2.05) is 17.0 Å². The fraction of sp³-hybridized carbons (Fsp3) is 0.458. The molecule has 0 saturated heterocycles. The van der Waals surface area contributed by atoms with Crippen molar-refractivity contribution in [2.75, 3.05) is 20.8 Å². The summed E-state index contributed by atoms with van der Waals surface area (Å²) in [6, 6.07) is 13.8. The Morgan fingerprint density at radius 2 is 1.69 bits per heavy atom. The van der Waals surface area contributed by atoms with Gasteiger partial charge in [0.2, 0.25) is 0 Å². The Morgan fingerprint density at radius 1 is 0.966 bits per heavy atom. The molecular weight excluding hydrogens is 366 g/mol. The van der Waals surface area contributed by atoms with Gasteiger partial charge in [-0.3, -0.25) is 4.79 Å². The second kappa shape index (κ2) is 8.76. The molecule has 5 nitrogen and oxygen atoms in total. The van der Waals surface area contributed by atoms with Crippen molar-refractivity contribution in [3.8, 4) is 17.2 Å². The molecule has 154 valence electrons. The van der Waals surface area contributed by atoms with Gasteiger partial charge in [-0.2, -0.15) is 0 Å². The van der Waals surface area contributed by atoms with Crippen molar-refractivity contribution in [2.45, 2.75) is 44.7 Å². The van der Waals surface area contributed by atoms with Gasteiger partial charge in [0.1, 0.15) is 17.2 Å². The van der Waals surface area contributed by atoms with Crippen molar-refractivity contribution in [3.05, 3.63) is 53.6 Å². The van der Waals surface area contributed by atoms with Crippen LogP contribution in [-0.2, 0) is 6.54 Å². The van der Waals surface area contributed by atoms with Crippen molar-refractivity contribution in [1.29, 1.82) is 0 Å². The molecule has 0 aromatic heterocycles. The lowest BCUT2D eigenvalue weighted by Gasteiger charge is -2.25. The summed E-state index contributed by atoms with van der Waals surface area (Å²) >= 11 is 0. The van der Waals surface area contributed by atoms with Gasteiger partial charge >= 0.3 is 0 Å². The van der Waals surface area contributed by atoms with Gasteiger partial charge in [0.15, 0.2) is 0 Å². The van der Waals surface area contributed by atoms with Crippen LogP contribution in [0, 0.1) is 5.92 Å². The molecule has 0 radical (unpaired) electrons. The number of methoxy groups -OCH3 is 2. The maximum Gasteiger partial charge on any atom is 0.258 e. The maximum absolute atomic E-state index is 13.3. The van der Waals surface area contributed by atoms with Crippen molar-refractivity contribution in [1.82, 2.24) is 4.90 Å². The SMILES string of the molecule is COc1ccc(C(=O)N(Cc2ccc(OCC3CCC3)cc2)C2CC2)c(OC)c1. The first kappa shape index (κ1) is 19.6. The molecular formula is C24H29NO4.